The Morgan fingerprint density at radius 1 is 1.00 bits per heavy atom. The molecule has 1 fully saturated rings. The largest absolute Gasteiger partial charge is 0.497 e. The fraction of sp³-hybridized carbons (Fsp3) is 0.348. The Hall–Kier alpha value is -3.00. The van der Waals surface area contributed by atoms with Crippen LogP contribution in [0.25, 0.3) is 16.7 Å². The smallest absolute Gasteiger partial charge is 0.236 e. The molecule has 1 aliphatic rings. The van der Waals surface area contributed by atoms with Gasteiger partial charge in [-0.25, -0.2) is 4.98 Å². The first-order valence-electron chi connectivity index (χ1n) is 10.3. The molecule has 3 aromatic rings. The molecular formula is C23H26N4O3S. The van der Waals surface area contributed by atoms with Gasteiger partial charge in [0.05, 0.1) is 23.4 Å². The molecule has 4 rings (SSSR count). The maximum Gasteiger partial charge on any atom is 0.236 e. The van der Waals surface area contributed by atoms with Gasteiger partial charge in [0.1, 0.15) is 5.75 Å². The number of para-hydroxylation sites is 2. The summed E-state index contributed by atoms with van der Waals surface area (Å²) in [5, 5.41) is 0.479. The van der Waals surface area contributed by atoms with E-state index in [0.29, 0.717) is 26.2 Å². The van der Waals surface area contributed by atoms with Gasteiger partial charge in [-0.2, -0.15) is 0 Å². The van der Waals surface area contributed by atoms with Gasteiger partial charge in [-0.05, 0) is 43.3 Å². The molecule has 162 valence electrons. The zero-order valence-corrected chi connectivity index (χ0v) is 18.8. The second kappa shape index (κ2) is 9.01. The number of thioether (sulfide) groups is 1. The van der Waals surface area contributed by atoms with Gasteiger partial charge in [0.2, 0.25) is 11.8 Å². The number of rotatable bonds is 5. The molecule has 0 N–H and O–H groups in total. The summed E-state index contributed by atoms with van der Waals surface area (Å²) < 4.78 is 7.37. The number of aromatic nitrogens is 2. The Morgan fingerprint density at radius 3 is 2.29 bits per heavy atom. The van der Waals surface area contributed by atoms with Gasteiger partial charge in [-0.15, -0.1) is 0 Å². The highest BCUT2D eigenvalue weighted by Crippen LogP contribution is 2.31. The van der Waals surface area contributed by atoms with Crippen molar-refractivity contribution in [1.29, 1.82) is 0 Å². The van der Waals surface area contributed by atoms with E-state index < -0.39 is 0 Å². The summed E-state index contributed by atoms with van der Waals surface area (Å²) in [6, 6.07) is 15.8. The quantitative estimate of drug-likeness (QED) is 0.573. The van der Waals surface area contributed by atoms with E-state index in [0.717, 1.165) is 27.6 Å². The molecule has 31 heavy (non-hydrogen) atoms. The van der Waals surface area contributed by atoms with Crippen LogP contribution in [0.15, 0.2) is 53.7 Å². The number of fused-ring (bicyclic) bond motifs is 1. The average molecular weight is 439 g/mol. The molecule has 0 radical (unpaired) electrons. The van der Waals surface area contributed by atoms with Crippen molar-refractivity contribution in [2.24, 2.45) is 0 Å². The van der Waals surface area contributed by atoms with Crippen LogP contribution in [0.5, 0.6) is 5.75 Å². The number of piperazine rings is 1. The van der Waals surface area contributed by atoms with Gasteiger partial charge in [-0.1, -0.05) is 23.9 Å². The molecule has 2 heterocycles. The monoisotopic (exact) mass is 438 g/mol. The fourth-order valence-corrected chi connectivity index (χ4v) is 4.80. The third-order valence-electron chi connectivity index (χ3n) is 5.53. The third-order valence-corrected chi connectivity index (χ3v) is 6.57. The number of methoxy groups -OCH3 is 1. The molecule has 2 aromatic carbocycles. The lowest BCUT2D eigenvalue weighted by Gasteiger charge is -2.35. The van der Waals surface area contributed by atoms with Crippen molar-refractivity contribution in [3.63, 3.8) is 0 Å². The number of ether oxygens (including phenoxy) is 1. The van der Waals surface area contributed by atoms with Gasteiger partial charge in [0.15, 0.2) is 5.16 Å². The zero-order chi connectivity index (χ0) is 22.0. The van der Waals surface area contributed by atoms with E-state index in [1.165, 1.54) is 11.8 Å². The summed E-state index contributed by atoms with van der Waals surface area (Å²) in [6.07, 6.45) is 0. The van der Waals surface area contributed by atoms with Crippen molar-refractivity contribution in [2.45, 2.75) is 24.3 Å². The molecule has 2 amide bonds. The third kappa shape index (κ3) is 4.39. The first-order valence-corrected chi connectivity index (χ1v) is 11.2. The van der Waals surface area contributed by atoms with Crippen molar-refractivity contribution in [1.82, 2.24) is 19.4 Å². The number of amides is 2. The van der Waals surface area contributed by atoms with Crippen LogP contribution in [0.1, 0.15) is 13.8 Å². The molecule has 0 bridgehead atoms. The van der Waals surface area contributed by atoms with E-state index in [1.807, 2.05) is 60.4 Å². The van der Waals surface area contributed by atoms with Crippen molar-refractivity contribution in [3.05, 3.63) is 48.5 Å². The Kier molecular flexibility index (Phi) is 6.18. The Bertz CT molecular complexity index is 1090. The van der Waals surface area contributed by atoms with E-state index in [-0.39, 0.29) is 17.1 Å². The Morgan fingerprint density at radius 2 is 1.65 bits per heavy atom. The zero-order valence-electron chi connectivity index (χ0n) is 17.9. The summed E-state index contributed by atoms with van der Waals surface area (Å²) in [5.74, 6) is 0.917. The average Bonchev–Trinajstić information content (AvgIpc) is 3.16. The second-order valence-corrected chi connectivity index (χ2v) is 8.82. The molecule has 1 aromatic heterocycles. The molecule has 0 saturated carbocycles. The van der Waals surface area contributed by atoms with Crippen molar-refractivity contribution < 1.29 is 14.3 Å². The lowest BCUT2D eigenvalue weighted by molar-refractivity contribution is -0.137. The number of benzene rings is 2. The first kappa shape index (κ1) is 21.2. The van der Waals surface area contributed by atoms with E-state index in [1.54, 1.807) is 18.9 Å². The molecule has 1 aliphatic heterocycles. The lowest BCUT2D eigenvalue weighted by atomic mass is 10.2. The van der Waals surface area contributed by atoms with Gasteiger partial charge in [0.25, 0.3) is 0 Å². The normalized spacial score (nSPS) is 15.2. The van der Waals surface area contributed by atoms with Crippen LogP contribution in [0.4, 0.5) is 0 Å². The molecule has 8 heteroatoms. The molecule has 1 unspecified atom stereocenters. The first-order chi connectivity index (χ1) is 15.0. The molecule has 0 aliphatic carbocycles. The van der Waals surface area contributed by atoms with Gasteiger partial charge >= 0.3 is 0 Å². The van der Waals surface area contributed by atoms with Crippen LogP contribution >= 0.6 is 11.8 Å². The number of imidazole rings is 1. The highest BCUT2D eigenvalue weighted by Gasteiger charge is 2.28. The number of carbonyl (C=O) groups is 2. The number of carbonyl (C=O) groups excluding carboxylic acids is 2. The van der Waals surface area contributed by atoms with E-state index in [4.69, 9.17) is 9.72 Å². The predicted octanol–water partition coefficient (Wildman–Crippen LogP) is 3.21. The molecule has 0 spiro atoms. The van der Waals surface area contributed by atoms with Crippen LogP contribution in [0, 0.1) is 0 Å². The highest BCUT2D eigenvalue weighted by atomic mass is 32.2. The minimum atomic E-state index is -0.294. The fourth-order valence-electron chi connectivity index (χ4n) is 3.77. The number of nitrogens with zero attached hydrogens (tertiary/aromatic N) is 4. The highest BCUT2D eigenvalue weighted by molar-refractivity contribution is 8.00. The Balaban J connectivity index is 1.58. The van der Waals surface area contributed by atoms with Crippen LogP contribution < -0.4 is 4.74 Å². The number of hydrogen-bond donors (Lipinski definition) is 0. The van der Waals surface area contributed by atoms with E-state index in [9.17, 15) is 9.59 Å². The minimum Gasteiger partial charge on any atom is -0.497 e. The summed E-state index contributed by atoms with van der Waals surface area (Å²) in [5.41, 5.74) is 2.84. The van der Waals surface area contributed by atoms with Crippen molar-refractivity contribution in [3.8, 4) is 11.4 Å². The summed E-state index contributed by atoms with van der Waals surface area (Å²) >= 11 is 1.46. The summed E-state index contributed by atoms with van der Waals surface area (Å²) in [4.78, 5) is 33.1. The molecule has 7 nitrogen and oxygen atoms in total. The summed E-state index contributed by atoms with van der Waals surface area (Å²) in [7, 11) is 1.65. The molecule has 1 saturated heterocycles. The van der Waals surface area contributed by atoms with Gasteiger partial charge in [0, 0.05) is 38.8 Å². The number of hydrogen-bond acceptors (Lipinski definition) is 5. The van der Waals surface area contributed by atoms with E-state index >= 15 is 0 Å². The van der Waals surface area contributed by atoms with E-state index in [2.05, 4.69) is 4.57 Å². The maximum atomic E-state index is 13.1. The SMILES string of the molecule is COc1ccc(-n2c(SC(C)C(=O)N3CCN(C(C)=O)CC3)nc3ccccc32)cc1. The standard InChI is InChI=1S/C23H26N4O3S/c1-16(22(29)26-14-12-25(13-15-26)17(2)28)31-23-24-20-6-4-5-7-21(20)27(23)18-8-10-19(30-3)11-9-18/h4-11,16H,12-15H2,1-3H3. The van der Waals surface area contributed by atoms with Gasteiger partial charge in [-0.3, -0.25) is 14.2 Å². The van der Waals surface area contributed by atoms with Crippen molar-refractivity contribution >= 4 is 34.6 Å². The van der Waals surface area contributed by atoms with Crippen molar-refractivity contribution in [2.75, 3.05) is 33.3 Å². The lowest BCUT2D eigenvalue weighted by Crippen LogP contribution is -2.51. The van der Waals surface area contributed by atoms with Crippen LogP contribution in [-0.2, 0) is 9.59 Å². The Labute approximate surface area is 186 Å². The topological polar surface area (TPSA) is 67.7 Å². The molecule has 1 atom stereocenters. The van der Waals surface area contributed by atoms with Crippen LogP contribution in [-0.4, -0.2) is 69.7 Å². The van der Waals surface area contributed by atoms with Crippen LogP contribution in [0.3, 0.4) is 0 Å². The maximum absolute atomic E-state index is 13.1. The van der Waals surface area contributed by atoms with Gasteiger partial charge < -0.3 is 14.5 Å². The second-order valence-electron chi connectivity index (χ2n) is 7.51. The summed E-state index contributed by atoms with van der Waals surface area (Å²) in [6.45, 7) is 5.80. The minimum absolute atomic E-state index is 0.0581. The molecular weight excluding hydrogens is 412 g/mol. The predicted molar refractivity (Wildman–Crippen MR) is 122 cm³/mol. The van der Waals surface area contributed by atoms with Crippen LogP contribution in [0.2, 0.25) is 0 Å².